The van der Waals surface area contributed by atoms with Gasteiger partial charge < -0.3 is 9.64 Å². The molecule has 4 nitrogen and oxygen atoms in total. The van der Waals surface area contributed by atoms with Crippen LogP contribution >= 0.6 is 0 Å². The lowest BCUT2D eigenvalue weighted by Gasteiger charge is -2.31. The summed E-state index contributed by atoms with van der Waals surface area (Å²) in [5.41, 5.74) is 4.96. The third-order valence-corrected chi connectivity index (χ3v) is 5.25. The highest BCUT2D eigenvalue weighted by atomic mass is 19.1. The number of esters is 1. The summed E-state index contributed by atoms with van der Waals surface area (Å²) in [6.45, 7) is 1.48. The topological polar surface area (TPSA) is 42.4 Å². The lowest BCUT2D eigenvalue weighted by atomic mass is 9.91. The van der Waals surface area contributed by atoms with Crippen molar-refractivity contribution >= 4 is 11.7 Å². The number of cyclic esters (lactones) is 1. The maximum absolute atomic E-state index is 13.4. The fourth-order valence-electron chi connectivity index (χ4n) is 3.83. The zero-order valence-corrected chi connectivity index (χ0v) is 13.2. The van der Waals surface area contributed by atoms with Gasteiger partial charge in [0.2, 0.25) is 0 Å². The second-order valence-corrected chi connectivity index (χ2v) is 6.90. The Labute approximate surface area is 139 Å². The maximum Gasteiger partial charge on any atom is 0.339 e. The summed E-state index contributed by atoms with van der Waals surface area (Å²) in [6, 6.07) is 5.65. The number of halogens is 1. The van der Waals surface area contributed by atoms with E-state index >= 15 is 0 Å². The zero-order valence-electron chi connectivity index (χ0n) is 13.2. The number of hydrogen-bond acceptors (Lipinski definition) is 4. The standard InChI is InChI=1S/C19H17FN2O2/c20-14-7-15(9-21-8-14)22-4-3-12-5-16-17(6-13(12)10-22)19(23)24-18(16)11-1-2-11/h5-9,11,18H,1-4,10H2. The number of benzene rings is 1. The monoisotopic (exact) mass is 324 g/mol. The number of aromatic nitrogens is 1. The molecule has 1 fully saturated rings. The predicted octanol–water partition coefficient (Wildman–Crippen LogP) is 3.40. The van der Waals surface area contributed by atoms with Gasteiger partial charge in [-0.15, -0.1) is 0 Å². The van der Waals surface area contributed by atoms with Crippen molar-refractivity contribution in [2.24, 2.45) is 5.92 Å². The first-order valence-corrected chi connectivity index (χ1v) is 8.41. The molecule has 1 saturated carbocycles. The van der Waals surface area contributed by atoms with Crippen LogP contribution in [0.1, 0.15) is 46.0 Å². The van der Waals surface area contributed by atoms with Gasteiger partial charge in [0, 0.05) is 30.6 Å². The van der Waals surface area contributed by atoms with Gasteiger partial charge in [0.15, 0.2) is 0 Å². The molecule has 5 rings (SSSR count). The molecule has 2 aliphatic heterocycles. The lowest BCUT2D eigenvalue weighted by Crippen LogP contribution is -2.30. The molecular formula is C19H17FN2O2. The quantitative estimate of drug-likeness (QED) is 0.794. The van der Waals surface area contributed by atoms with Crippen LogP contribution in [0, 0.1) is 11.7 Å². The van der Waals surface area contributed by atoms with Crippen LogP contribution in [0.3, 0.4) is 0 Å². The van der Waals surface area contributed by atoms with Gasteiger partial charge in [0.05, 0.1) is 23.6 Å². The van der Waals surface area contributed by atoms with Crippen LogP contribution in [0.2, 0.25) is 0 Å². The van der Waals surface area contributed by atoms with Gasteiger partial charge >= 0.3 is 5.97 Å². The molecule has 1 aromatic carbocycles. The second kappa shape index (κ2) is 5.03. The van der Waals surface area contributed by atoms with Crippen molar-refractivity contribution in [1.29, 1.82) is 0 Å². The molecular weight excluding hydrogens is 307 g/mol. The molecule has 0 N–H and O–H groups in total. The molecule has 0 saturated heterocycles. The van der Waals surface area contributed by atoms with Gasteiger partial charge in [-0.25, -0.2) is 9.18 Å². The Bertz CT molecular complexity index is 847. The van der Waals surface area contributed by atoms with Crippen LogP contribution in [0.25, 0.3) is 0 Å². The molecule has 3 heterocycles. The summed E-state index contributed by atoms with van der Waals surface area (Å²) in [7, 11) is 0. The molecule has 0 bridgehead atoms. The second-order valence-electron chi connectivity index (χ2n) is 6.90. The lowest BCUT2D eigenvalue weighted by molar-refractivity contribution is 0.0338. The summed E-state index contributed by atoms with van der Waals surface area (Å²) in [4.78, 5) is 18.2. The Balaban J connectivity index is 1.49. The zero-order chi connectivity index (χ0) is 16.3. The Morgan fingerprint density at radius 2 is 2.04 bits per heavy atom. The van der Waals surface area contributed by atoms with Gasteiger partial charge in [-0.1, -0.05) is 6.07 Å². The van der Waals surface area contributed by atoms with E-state index in [1.165, 1.54) is 17.8 Å². The minimum Gasteiger partial charge on any atom is -0.454 e. The van der Waals surface area contributed by atoms with Crippen LogP contribution in [0.4, 0.5) is 10.1 Å². The van der Waals surface area contributed by atoms with Crippen LogP contribution in [-0.2, 0) is 17.7 Å². The SMILES string of the molecule is O=C1OC(C2CC2)c2cc3c(cc21)CN(c1cncc(F)c1)CC3. The van der Waals surface area contributed by atoms with E-state index in [1.54, 1.807) is 6.20 Å². The molecule has 0 radical (unpaired) electrons. The first-order chi connectivity index (χ1) is 11.7. The average molecular weight is 324 g/mol. The van der Waals surface area contributed by atoms with Gasteiger partial charge in [0.1, 0.15) is 11.9 Å². The van der Waals surface area contributed by atoms with E-state index in [1.807, 2.05) is 6.07 Å². The molecule has 1 aromatic heterocycles. The highest BCUT2D eigenvalue weighted by Crippen LogP contribution is 2.48. The Kier molecular flexibility index (Phi) is 2.93. The smallest absolute Gasteiger partial charge is 0.339 e. The van der Waals surface area contributed by atoms with Crippen molar-refractivity contribution in [3.63, 3.8) is 0 Å². The summed E-state index contributed by atoms with van der Waals surface area (Å²) < 4.78 is 19.0. The van der Waals surface area contributed by atoms with E-state index in [4.69, 9.17) is 4.74 Å². The Hall–Kier alpha value is -2.43. The molecule has 122 valence electrons. The molecule has 0 spiro atoms. The highest BCUT2D eigenvalue weighted by molar-refractivity contribution is 5.94. The number of hydrogen-bond donors (Lipinski definition) is 0. The third-order valence-electron chi connectivity index (χ3n) is 5.25. The number of anilines is 1. The van der Waals surface area contributed by atoms with E-state index in [2.05, 4.69) is 16.0 Å². The van der Waals surface area contributed by atoms with E-state index in [0.29, 0.717) is 18.0 Å². The first-order valence-electron chi connectivity index (χ1n) is 8.41. The van der Waals surface area contributed by atoms with E-state index in [-0.39, 0.29) is 17.9 Å². The minimum absolute atomic E-state index is 0.0387. The summed E-state index contributed by atoms with van der Waals surface area (Å²) in [5.74, 6) is -0.0240. The molecule has 1 unspecified atom stereocenters. The van der Waals surface area contributed by atoms with Gasteiger partial charge in [-0.3, -0.25) is 4.98 Å². The van der Waals surface area contributed by atoms with Crippen molar-refractivity contribution in [3.8, 4) is 0 Å². The van der Waals surface area contributed by atoms with Crippen molar-refractivity contribution in [2.45, 2.75) is 31.9 Å². The summed E-state index contributed by atoms with van der Waals surface area (Å²) in [5, 5.41) is 0. The van der Waals surface area contributed by atoms with E-state index in [0.717, 1.165) is 42.6 Å². The van der Waals surface area contributed by atoms with Gasteiger partial charge in [0.25, 0.3) is 0 Å². The fourth-order valence-corrected chi connectivity index (χ4v) is 3.83. The number of nitrogens with zero attached hydrogens (tertiary/aromatic N) is 2. The van der Waals surface area contributed by atoms with Crippen molar-refractivity contribution in [1.82, 2.24) is 4.98 Å². The number of rotatable bonds is 2. The molecule has 1 aliphatic carbocycles. The normalized spacial score (nSPS) is 22.1. The number of fused-ring (bicyclic) bond motifs is 2. The fraction of sp³-hybridized carbons (Fsp3) is 0.368. The number of ether oxygens (including phenoxy) is 1. The van der Waals surface area contributed by atoms with Crippen LogP contribution in [-0.4, -0.2) is 17.5 Å². The molecule has 1 atom stereocenters. The van der Waals surface area contributed by atoms with Crippen LogP contribution < -0.4 is 4.90 Å². The molecule has 24 heavy (non-hydrogen) atoms. The highest BCUT2D eigenvalue weighted by Gasteiger charge is 2.42. The largest absolute Gasteiger partial charge is 0.454 e. The number of carbonyl (C=O) groups excluding carboxylic acids is 1. The van der Waals surface area contributed by atoms with Gasteiger partial charge in [-0.2, -0.15) is 0 Å². The van der Waals surface area contributed by atoms with Gasteiger partial charge in [-0.05, 0) is 36.5 Å². The van der Waals surface area contributed by atoms with Crippen molar-refractivity contribution in [2.75, 3.05) is 11.4 Å². The van der Waals surface area contributed by atoms with Crippen molar-refractivity contribution in [3.05, 3.63) is 58.7 Å². The number of pyridine rings is 1. The first kappa shape index (κ1) is 14.0. The Morgan fingerprint density at radius 3 is 2.83 bits per heavy atom. The van der Waals surface area contributed by atoms with Crippen molar-refractivity contribution < 1.29 is 13.9 Å². The van der Waals surface area contributed by atoms with Crippen LogP contribution in [0.5, 0.6) is 0 Å². The minimum atomic E-state index is -0.330. The Morgan fingerprint density at radius 1 is 1.17 bits per heavy atom. The maximum atomic E-state index is 13.4. The molecule has 3 aliphatic rings. The molecule has 0 amide bonds. The van der Waals surface area contributed by atoms with E-state index in [9.17, 15) is 9.18 Å². The van der Waals surface area contributed by atoms with E-state index < -0.39 is 0 Å². The summed E-state index contributed by atoms with van der Waals surface area (Å²) >= 11 is 0. The third kappa shape index (κ3) is 2.19. The van der Waals surface area contributed by atoms with Crippen LogP contribution in [0.15, 0.2) is 30.6 Å². The molecule has 5 heteroatoms. The predicted molar refractivity (Wildman–Crippen MR) is 86.3 cm³/mol. The average Bonchev–Trinajstić information content (AvgIpc) is 3.38. The molecule has 2 aromatic rings. The number of carbonyl (C=O) groups is 1. The summed E-state index contributed by atoms with van der Waals surface area (Å²) in [6.07, 6.45) is 6.03.